The molecule has 6 fully saturated rings. The molecule has 6 aliphatic rings. The van der Waals surface area contributed by atoms with E-state index >= 15 is 4.57 Å². The quantitative estimate of drug-likeness (QED) is 0.0151. The first-order valence-electron chi connectivity index (χ1n) is 41.7. The van der Waals surface area contributed by atoms with Gasteiger partial charge in [-0.3, -0.25) is 13.6 Å². The van der Waals surface area contributed by atoms with Crippen LogP contribution >= 0.6 is 7.82 Å². The SMILES string of the molecule is CC1(C)[C@H]2CC[C@]1(C)[C@]1(C2)O[C@@H]2[C@H](OCc3ccccc3)[C@@H](OCc3ccccc3)[C@H](OCc3ccccc3)[C@@H](O[C@H]3O[C@H](COCc4ccccc4)[C@@H](O[C@H]4O[C@H](COP(=O)(OCc5ccccc5)OCc5ccccc5)[C@H](OCc5ccccc5)[C@H](OCc5ccccc5)[C@H]4OCc4ccccc4)[C@H](OCc4ccccc4)[C@H]3N=[N+]=[N-])[C@@H]2O1. The summed E-state index contributed by atoms with van der Waals surface area (Å²) in [5.41, 5.74) is 19.2. The summed E-state index contributed by atoms with van der Waals surface area (Å²) in [5.74, 6) is -0.850. The van der Waals surface area contributed by atoms with Gasteiger partial charge in [0, 0.05) is 16.7 Å². The van der Waals surface area contributed by atoms with Gasteiger partial charge in [0.25, 0.3) is 0 Å². The summed E-state index contributed by atoms with van der Waals surface area (Å²) in [4.78, 5) is 3.66. The van der Waals surface area contributed by atoms with Crippen LogP contribution in [0.5, 0.6) is 0 Å². The van der Waals surface area contributed by atoms with E-state index in [0.29, 0.717) is 6.42 Å². The summed E-state index contributed by atoms with van der Waals surface area (Å²) < 4.78 is 140. The molecule has 10 aromatic carbocycles. The summed E-state index contributed by atoms with van der Waals surface area (Å²) >= 11 is 0. The molecule has 3 saturated carbocycles. The molecule has 0 N–H and O–H groups in total. The van der Waals surface area contributed by atoms with E-state index in [4.69, 9.17) is 85.0 Å². The summed E-state index contributed by atoms with van der Waals surface area (Å²) in [6, 6.07) is 96.2. The Labute approximate surface area is 702 Å². The number of phosphoric acid groups is 1. The molecule has 3 saturated heterocycles. The Morgan fingerprint density at radius 1 is 0.358 bits per heavy atom. The number of benzene rings is 10. The van der Waals surface area contributed by atoms with Crippen LogP contribution < -0.4 is 0 Å². The van der Waals surface area contributed by atoms with Crippen molar-refractivity contribution in [2.45, 2.75) is 210 Å². The minimum Gasteiger partial charge on any atom is -0.374 e. The van der Waals surface area contributed by atoms with E-state index in [9.17, 15) is 5.53 Å². The van der Waals surface area contributed by atoms with E-state index in [1.807, 2.05) is 303 Å². The Hall–Kier alpha value is -8.94. The summed E-state index contributed by atoms with van der Waals surface area (Å²) in [5, 5.41) is 4.75. The number of rotatable bonds is 39. The minimum absolute atomic E-state index is 0.0235. The number of phosphoric ester groups is 1. The van der Waals surface area contributed by atoms with E-state index in [1.54, 1.807) is 0 Å². The third kappa shape index (κ3) is 20.4. The Balaban J connectivity index is 0.825. The highest BCUT2D eigenvalue weighted by molar-refractivity contribution is 7.48. The Morgan fingerprint density at radius 3 is 1.06 bits per heavy atom. The van der Waals surface area contributed by atoms with Gasteiger partial charge in [-0.15, -0.1) is 0 Å². The molecule has 120 heavy (non-hydrogen) atoms. The maximum atomic E-state index is 15.7. The molecule has 3 aliphatic carbocycles. The second-order valence-electron chi connectivity index (χ2n) is 32.5. The number of hydrogen-bond donors (Lipinski definition) is 0. The molecule has 21 nitrogen and oxygen atoms in total. The highest BCUT2D eigenvalue weighted by Gasteiger charge is 2.76. The van der Waals surface area contributed by atoms with Gasteiger partial charge in [-0.25, -0.2) is 4.57 Å². The molecule has 0 aromatic heterocycles. The average Bonchev–Trinajstić information content (AvgIpc) is 1.51. The molecular weight excluding hydrogens is 1540 g/mol. The molecule has 0 amide bonds. The van der Waals surface area contributed by atoms with Crippen molar-refractivity contribution in [1.29, 1.82) is 0 Å². The van der Waals surface area contributed by atoms with Crippen LogP contribution in [-0.2, 0) is 151 Å². The van der Waals surface area contributed by atoms with Crippen molar-refractivity contribution in [3.05, 3.63) is 369 Å². The standard InChI is InChI=1S/C98H106N3O18P/c1-96(2)79-54-55-97(96,3)98(56-79)118-91-89(109-63-75-46-26-10-27-47-75)87(107-61-73-42-22-8-23-43-73)88(108-62-74-44-24-9-25-45-74)90(92(91)119-98)117-94-82(100-101-99)85(105-59-71-38-18-6-19-39-71)84(80(114-94)67-103-57-69-34-14-4-15-35-69)116-95-93(110-64-76-48-28-11-29-49-76)86(106-60-72-40-20-7-21-41-72)83(104-58-70-36-16-5-17-37-70)81(115-95)68-113-120(102,111-65-77-50-30-12-31-51-77)112-66-78-52-32-13-33-53-78/h4-53,79-95H,54-68H2,1-3H3/t79-,80+,81+,82+,83-,84+,85+,86-,87-,88-,89+,90+,91+,92-,93+,94+,95+,97-,98+/m0/s1. The molecule has 22 heteroatoms. The van der Waals surface area contributed by atoms with Gasteiger partial charge in [0.15, 0.2) is 18.4 Å². The first-order valence-corrected chi connectivity index (χ1v) is 43.2. The average molecular weight is 1640 g/mol. The van der Waals surface area contributed by atoms with Crippen LogP contribution in [0.2, 0.25) is 0 Å². The van der Waals surface area contributed by atoms with Crippen molar-refractivity contribution in [3.8, 4) is 0 Å². The number of fused-ring (bicyclic) bond motifs is 4. The van der Waals surface area contributed by atoms with Gasteiger partial charge < -0.3 is 66.3 Å². The van der Waals surface area contributed by atoms with Crippen LogP contribution in [0.15, 0.2) is 308 Å². The van der Waals surface area contributed by atoms with Crippen LogP contribution in [0.25, 0.3) is 10.4 Å². The lowest BCUT2D eigenvalue weighted by Gasteiger charge is -2.51. The van der Waals surface area contributed by atoms with Gasteiger partial charge in [-0.2, -0.15) is 0 Å². The zero-order valence-corrected chi connectivity index (χ0v) is 68.8. The van der Waals surface area contributed by atoms with Gasteiger partial charge >= 0.3 is 7.82 Å². The Morgan fingerprint density at radius 2 is 0.675 bits per heavy atom. The molecule has 626 valence electrons. The first-order chi connectivity index (χ1) is 58.9. The number of nitrogens with zero attached hydrogens (tertiary/aromatic N) is 3. The van der Waals surface area contributed by atoms with E-state index in [1.165, 1.54) is 0 Å². The molecule has 1 spiro atoms. The predicted molar refractivity (Wildman–Crippen MR) is 449 cm³/mol. The van der Waals surface area contributed by atoms with Gasteiger partial charge in [-0.1, -0.05) is 329 Å². The number of ether oxygens (including phenoxy) is 14. The zero-order valence-electron chi connectivity index (χ0n) is 67.9. The lowest BCUT2D eigenvalue weighted by molar-refractivity contribution is -0.370. The molecule has 19 atom stereocenters. The molecule has 0 unspecified atom stereocenters. The third-order valence-electron chi connectivity index (χ3n) is 24.6. The largest absolute Gasteiger partial charge is 0.475 e. The topological polar surface area (TPSA) is 223 Å². The second-order valence-corrected chi connectivity index (χ2v) is 34.2. The summed E-state index contributed by atoms with van der Waals surface area (Å²) in [6.07, 6.45) is -14.5. The zero-order chi connectivity index (χ0) is 82.0. The van der Waals surface area contributed by atoms with E-state index in [-0.39, 0.29) is 84.0 Å². The molecule has 3 heterocycles. The normalized spacial score (nSPS) is 28.6. The van der Waals surface area contributed by atoms with Crippen molar-refractivity contribution in [2.24, 2.45) is 21.9 Å². The number of azide groups is 1. The molecule has 10 aromatic rings. The van der Waals surface area contributed by atoms with Crippen LogP contribution in [0.3, 0.4) is 0 Å². The van der Waals surface area contributed by atoms with Gasteiger partial charge in [-0.05, 0) is 85.3 Å². The molecule has 16 rings (SSSR count). The van der Waals surface area contributed by atoms with E-state index < -0.39 is 124 Å². The van der Waals surface area contributed by atoms with Gasteiger partial charge in [0.1, 0.15) is 85.4 Å². The Kier molecular flexibility index (Phi) is 28.5. The van der Waals surface area contributed by atoms with Crippen LogP contribution in [-0.4, -0.2) is 117 Å². The van der Waals surface area contributed by atoms with Crippen molar-refractivity contribution in [1.82, 2.24) is 0 Å². The maximum Gasteiger partial charge on any atom is 0.475 e. The summed E-state index contributed by atoms with van der Waals surface area (Å²) in [7, 11) is -4.56. The first kappa shape index (κ1) is 84.7. The van der Waals surface area contributed by atoms with Crippen LogP contribution in [0, 0.1) is 16.7 Å². The number of hydrogen-bond acceptors (Lipinski definition) is 19. The Bertz CT molecular complexity index is 4810. The summed E-state index contributed by atoms with van der Waals surface area (Å²) in [6.45, 7) is 6.87. The predicted octanol–water partition coefficient (Wildman–Crippen LogP) is 19.1. The fraction of sp³-hybridized carbons (Fsp3) is 0.388. The second kappa shape index (κ2) is 40.4. The lowest BCUT2D eigenvalue weighted by atomic mass is 9.68. The van der Waals surface area contributed by atoms with Crippen molar-refractivity contribution in [2.75, 3.05) is 13.2 Å². The minimum atomic E-state index is -4.56. The smallest absolute Gasteiger partial charge is 0.374 e. The molecule has 3 aliphatic heterocycles. The van der Waals surface area contributed by atoms with E-state index in [0.717, 1.165) is 68.5 Å². The van der Waals surface area contributed by atoms with Gasteiger partial charge in [0.05, 0.1) is 79.3 Å². The fourth-order valence-electron chi connectivity index (χ4n) is 17.8. The molecule has 0 radical (unpaired) electrons. The monoisotopic (exact) mass is 1640 g/mol. The van der Waals surface area contributed by atoms with Crippen molar-refractivity contribution >= 4 is 7.82 Å². The van der Waals surface area contributed by atoms with Crippen molar-refractivity contribution in [3.63, 3.8) is 0 Å². The maximum absolute atomic E-state index is 15.7. The fourth-order valence-corrected chi connectivity index (χ4v) is 18.9. The molecular formula is C98H106N3O18P. The third-order valence-corrected chi connectivity index (χ3v) is 26.0. The molecule has 2 bridgehead atoms. The highest BCUT2D eigenvalue weighted by Crippen LogP contribution is 2.73. The lowest BCUT2D eigenvalue weighted by Crippen LogP contribution is -2.68. The van der Waals surface area contributed by atoms with Crippen LogP contribution in [0.4, 0.5) is 0 Å². The van der Waals surface area contributed by atoms with Crippen molar-refractivity contribution < 1.29 is 84.5 Å². The van der Waals surface area contributed by atoms with E-state index in [2.05, 4.69) is 25.7 Å². The highest BCUT2D eigenvalue weighted by atomic mass is 31.2. The van der Waals surface area contributed by atoms with Gasteiger partial charge in [0.2, 0.25) is 0 Å². The van der Waals surface area contributed by atoms with Crippen LogP contribution in [0.1, 0.15) is 95.7 Å².